The highest BCUT2D eigenvalue weighted by molar-refractivity contribution is 9.10. The highest BCUT2D eigenvalue weighted by Gasteiger charge is 2.19. The van der Waals surface area contributed by atoms with Crippen molar-refractivity contribution in [3.05, 3.63) is 64.6 Å². The molecule has 2 aromatic carbocycles. The van der Waals surface area contributed by atoms with Gasteiger partial charge in [0.25, 0.3) is 0 Å². The molecule has 25 heavy (non-hydrogen) atoms. The number of rotatable bonds is 8. The Hall–Kier alpha value is -2.14. The molecule has 1 amide bonds. The van der Waals surface area contributed by atoms with Crippen molar-refractivity contribution in [2.24, 2.45) is 0 Å². The van der Waals surface area contributed by atoms with Gasteiger partial charge in [-0.1, -0.05) is 52.3 Å². The van der Waals surface area contributed by atoms with Gasteiger partial charge in [0.15, 0.2) is 0 Å². The van der Waals surface area contributed by atoms with Crippen LogP contribution in [0.3, 0.4) is 0 Å². The highest BCUT2D eigenvalue weighted by atomic mass is 79.9. The van der Waals surface area contributed by atoms with E-state index in [4.69, 9.17) is 4.74 Å². The second kappa shape index (κ2) is 9.99. The molecule has 0 aliphatic heterocycles. The maximum atomic E-state index is 12.7. The van der Waals surface area contributed by atoms with Crippen molar-refractivity contribution in [3.63, 3.8) is 0 Å². The number of carbonyl (C=O) groups is 2. The molecule has 132 valence electrons. The van der Waals surface area contributed by atoms with Crippen molar-refractivity contribution in [3.8, 4) is 0 Å². The Morgan fingerprint density at radius 1 is 1.08 bits per heavy atom. The predicted octanol–water partition coefficient (Wildman–Crippen LogP) is 4.37. The van der Waals surface area contributed by atoms with Crippen LogP contribution in [0, 0.1) is 0 Å². The Morgan fingerprint density at radius 2 is 1.84 bits per heavy atom. The minimum atomic E-state index is -0.404. The van der Waals surface area contributed by atoms with Crippen LogP contribution in [0.1, 0.15) is 25.3 Å². The third-order valence-corrected chi connectivity index (χ3v) is 4.21. The lowest BCUT2D eigenvalue weighted by atomic mass is 10.1. The molecule has 0 bridgehead atoms. The summed E-state index contributed by atoms with van der Waals surface area (Å²) in [4.78, 5) is 26.1. The van der Waals surface area contributed by atoms with E-state index < -0.39 is 5.97 Å². The van der Waals surface area contributed by atoms with Crippen LogP contribution in [0.25, 0.3) is 0 Å². The third kappa shape index (κ3) is 6.35. The van der Waals surface area contributed by atoms with E-state index in [-0.39, 0.29) is 12.5 Å². The second-order valence-corrected chi connectivity index (χ2v) is 6.52. The van der Waals surface area contributed by atoms with E-state index in [2.05, 4.69) is 28.1 Å². The van der Waals surface area contributed by atoms with Gasteiger partial charge in [0.2, 0.25) is 5.91 Å². The number of hydrogen-bond acceptors (Lipinski definition) is 3. The lowest BCUT2D eigenvalue weighted by molar-refractivity contribution is -0.142. The maximum Gasteiger partial charge on any atom is 0.326 e. The summed E-state index contributed by atoms with van der Waals surface area (Å²) in [5.41, 5.74) is 1.89. The van der Waals surface area contributed by atoms with Crippen molar-refractivity contribution in [2.75, 3.05) is 18.1 Å². The monoisotopic (exact) mass is 403 g/mol. The van der Waals surface area contributed by atoms with Crippen LogP contribution < -0.4 is 4.90 Å². The second-order valence-electron chi connectivity index (χ2n) is 5.60. The van der Waals surface area contributed by atoms with Crippen molar-refractivity contribution in [1.29, 1.82) is 0 Å². The Labute approximate surface area is 156 Å². The highest BCUT2D eigenvalue weighted by Crippen LogP contribution is 2.21. The van der Waals surface area contributed by atoms with Gasteiger partial charge in [0, 0.05) is 16.6 Å². The van der Waals surface area contributed by atoms with Crippen LogP contribution in [0.4, 0.5) is 5.69 Å². The average Bonchev–Trinajstić information content (AvgIpc) is 2.61. The van der Waals surface area contributed by atoms with Crippen LogP contribution in [-0.4, -0.2) is 25.0 Å². The molecule has 2 rings (SSSR count). The molecule has 0 aromatic heterocycles. The lowest BCUT2D eigenvalue weighted by Gasteiger charge is -2.22. The Kier molecular flexibility index (Phi) is 7.67. The molecule has 0 unspecified atom stereocenters. The normalized spacial score (nSPS) is 10.3. The van der Waals surface area contributed by atoms with E-state index >= 15 is 0 Å². The van der Waals surface area contributed by atoms with E-state index in [1.807, 2.05) is 42.5 Å². The fraction of sp³-hybridized carbons (Fsp3) is 0.300. The summed E-state index contributed by atoms with van der Waals surface area (Å²) in [5, 5.41) is 0. The molecule has 0 aliphatic carbocycles. The standard InChI is InChI=1S/C20H22BrNO3/c1-2-25-20(24)15-22(18-12-7-11-17(21)14-18)19(23)13-6-10-16-8-4-3-5-9-16/h3-5,7-9,11-12,14H,2,6,10,13,15H2,1H3. The number of halogens is 1. The third-order valence-electron chi connectivity index (χ3n) is 3.71. The zero-order chi connectivity index (χ0) is 18.1. The summed E-state index contributed by atoms with van der Waals surface area (Å²) in [6.07, 6.45) is 1.94. The maximum absolute atomic E-state index is 12.7. The van der Waals surface area contributed by atoms with Crippen LogP contribution >= 0.6 is 15.9 Å². The Morgan fingerprint density at radius 3 is 2.52 bits per heavy atom. The molecule has 0 fully saturated rings. The van der Waals surface area contributed by atoms with Gasteiger partial charge in [-0.3, -0.25) is 9.59 Å². The van der Waals surface area contributed by atoms with Crippen molar-refractivity contribution in [1.82, 2.24) is 0 Å². The first kappa shape index (κ1) is 19.2. The molecule has 0 spiro atoms. The smallest absolute Gasteiger partial charge is 0.326 e. The first-order valence-electron chi connectivity index (χ1n) is 8.35. The van der Waals surface area contributed by atoms with Crippen molar-refractivity contribution < 1.29 is 14.3 Å². The quantitative estimate of drug-likeness (QED) is 0.614. The molecule has 2 aromatic rings. The van der Waals surface area contributed by atoms with E-state index in [0.29, 0.717) is 18.7 Å². The molecule has 0 saturated heterocycles. The van der Waals surface area contributed by atoms with Gasteiger partial charge < -0.3 is 9.64 Å². The molecule has 0 N–H and O–H groups in total. The molecule has 0 saturated carbocycles. The summed E-state index contributed by atoms with van der Waals surface area (Å²) >= 11 is 3.41. The number of ether oxygens (including phenoxy) is 1. The summed E-state index contributed by atoms with van der Waals surface area (Å²) < 4.78 is 5.86. The molecular formula is C20H22BrNO3. The molecular weight excluding hydrogens is 382 g/mol. The van der Waals surface area contributed by atoms with Gasteiger partial charge in [-0.15, -0.1) is 0 Å². The van der Waals surface area contributed by atoms with E-state index in [1.165, 1.54) is 10.5 Å². The Balaban J connectivity index is 2.03. The van der Waals surface area contributed by atoms with Gasteiger partial charge in [-0.2, -0.15) is 0 Å². The van der Waals surface area contributed by atoms with Gasteiger partial charge in [0.1, 0.15) is 6.54 Å². The van der Waals surface area contributed by atoms with E-state index in [1.54, 1.807) is 6.92 Å². The number of aryl methyl sites for hydroxylation is 1. The summed E-state index contributed by atoms with van der Waals surface area (Å²) in [5.74, 6) is -0.485. The SMILES string of the molecule is CCOC(=O)CN(C(=O)CCCc1ccccc1)c1cccc(Br)c1. The van der Waals surface area contributed by atoms with Crippen LogP contribution in [0.15, 0.2) is 59.1 Å². The molecule has 4 nitrogen and oxygen atoms in total. The molecule has 0 heterocycles. The fourth-order valence-corrected chi connectivity index (χ4v) is 2.91. The molecule has 0 aliphatic rings. The zero-order valence-corrected chi connectivity index (χ0v) is 15.9. The van der Waals surface area contributed by atoms with E-state index in [0.717, 1.165) is 17.3 Å². The number of carbonyl (C=O) groups excluding carboxylic acids is 2. The lowest BCUT2D eigenvalue weighted by Crippen LogP contribution is -2.36. The fourth-order valence-electron chi connectivity index (χ4n) is 2.53. The number of hydrogen-bond donors (Lipinski definition) is 0. The van der Waals surface area contributed by atoms with Gasteiger partial charge in [0.05, 0.1) is 6.61 Å². The molecule has 0 atom stereocenters. The number of amides is 1. The number of nitrogens with zero attached hydrogens (tertiary/aromatic N) is 1. The first-order valence-corrected chi connectivity index (χ1v) is 9.15. The van der Waals surface area contributed by atoms with Gasteiger partial charge in [-0.25, -0.2) is 0 Å². The Bertz CT molecular complexity index is 703. The topological polar surface area (TPSA) is 46.6 Å². The summed E-state index contributed by atoms with van der Waals surface area (Å²) in [7, 11) is 0. The number of benzene rings is 2. The molecule has 5 heteroatoms. The largest absolute Gasteiger partial charge is 0.465 e. The summed E-state index contributed by atoms with van der Waals surface area (Å²) in [6, 6.07) is 17.4. The van der Waals surface area contributed by atoms with Crippen LogP contribution in [0.5, 0.6) is 0 Å². The number of esters is 1. The van der Waals surface area contributed by atoms with Crippen LogP contribution in [-0.2, 0) is 20.7 Å². The van der Waals surface area contributed by atoms with Crippen molar-refractivity contribution in [2.45, 2.75) is 26.2 Å². The summed E-state index contributed by atoms with van der Waals surface area (Å²) in [6.45, 7) is 1.98. The minimum absolute atomic E-state index is 0.0749. The minimum Gasteiger partial charge on any atom is -0.465 e. The van der Waals surface area contributed by atoms with Crippen LogP contribution in [0.2, 0.25) is 0 Å². The average molecular weight is 404 g/mol. The first-order chi connectivity index (χ1) is 12.1. The predicted molar refractivity (Wildman–Crippen MR) is 103 cm³/mol. The number of anilines is 1. The zero-order valence-electron chi connectivity index (χ0n) is 14.3. The van der Waals surface area contributed by atoms with Gasteiger partial charge >= 0.3 is 5.97 Å². The van der Waals surface area contributed by atoms with Crippen molar-refractivity contribution >= 4 is 33.5 Å². The van der Waals surface area contributed by atoms with E-state index in [9.17, 15) is 9.59 Å². The molecule has 0 radical (unpaired) electrons. The van der Waals surface area contributed by atoms with Gasteiger partial charge in [-0.05, 0) is 43.5 Å².